The third kappa shape index (κ3) is 3.93. The number of aliphatic carboxylic acids is 1. The minimum absolute atomic E-state index is 0.128. The number of morpholine rings is 1. The van der Waals surface area contributed by atoms with Crippen LogP contribution in [0.5, 0.6) is 0 Å². The molecule has 20 heavy (non-hydrogen) atoms. The molecule has 0 atom stereocenters. The SMILES string of the molecule is CC1(C)CN(c2nc(CCC(=O)O)cs2)CC(C)(C)O1. The van der Waals surface area contributed by atoms with Gasteiger partial charge in [-0.3, -0.25) is 4.79 Å². The summed E-state index contributed by atoms with van der Waals surface area (Å²) in [5, 5.41) is 11.6. The Morgan fingerprint density at radius 3 is 2.55 bits per heavy atom. The number of nitrogens with zero attached hydrogens (tertiary/aromatic N) is 2. The predicted molar refractivity (Wildman–Crippen MR) is 79.5 cm³/mol. The van der Waals surface area contributed by atoms with E-state index in [2.05, 4.69) is 37.6 Å². The van der Waals surface area contributed by atoms with E-state index in [0.29, 0.717) is 6.42 Å². The van der Waals surface area contributed by atoms with E-state index in [1.807, 2.05) is 5.38 Å². The first-order chi connectivity index (χ1) is 9.17. The van der Waals surface area contributed by atoms with Gasteiger partial charge in [0.2, 0.25) is 0 Å². The maximum Gasteiger partial charge on any atom is 0.303 e. The summed E-state index contributed by atoms with van der Waals surface area (Å²) in [6.07, 6.45) is 0.617. The molecule has 0 radical (unpaired) electrons. The molecule has 112 valence electrons. The molecule has 5 nitrogen and oxygen atoms in total. The molecule has 0 aromatic carbocycles. The number of hydrogen-bond acceptors (Lipinski definition) is 5. The number of carboxylic acids is 1. The van der Waals surface area contributed by atoms with Crippen molar-refractivity contribution in [1.82, 2.24) is 4.98 Å². The van der Waals surface area contributed by atoms with Crippen molar-refractivity contribution in [3.8, 4) is 0 Å². The molecule has 1 aromatic rings. The smallest absolute Gasteiger partial charge is 0.303 e. The Bertz CT molecular complexity index is 480. The summed E-state index contributed by atoms with van der Waals surface area (Å²) < 4.78 is 6.06. The quantitative estimate of drug-likeness (QED) is 0.925. The molecular formula is C14H22N2O3S. The van der Waals surface area contributed by atoms with Crippen molar-refractivity contribution in [2.24, 2.45) is 0 Å². The molecule has 2 heterocycles. The maximum absolute atomic E-state index is 10.6. The second kappa shape index (κ2) is 5.33. The van der Waals surface area contributed by atoms with E-state index >= 15 is 0 Å². The van der Waals surface area contributed by atoms with Gasteiger partial charge in [0.15, 0.2) is 5.13 Å². The Hall–Kier alpha value is -1.14. The normalized spacial score (nSPS) is 20.9. The van der Waals surface area contributed by atoms with Crippen LogP contribution in [0.25, 0.3) is 0 Å². The second-order valence-corrected chi connectivity index (χ2v) is 7.33. The van der Waals surface area contributed by atoms with Crippen molar-refractivity contribution in [2.75, 3.05) is 18.0 Å². The highest BCUT2D eigenvalue weighted by molar-refractivity contribution is 7.13. The van der Waals surface area contributed by atoms with Crippen molar-refractivity contribution in [1.29, 1.82) is 0 Å². The zero-order valence-corrected chi connectivity index (χ0v) is 13.3. The summed E-state index contributed by atoms with van der Waals surface area (Å²) in [6, 6.07) is 0. The van der Waals surface area contributed by atoms with Crippen molar-refractivity contribution in [3.63, 3.8) is 0 Å². The lowest BCUT2D eigenvalue weighted by molar-refractivity contribution is -0.137. The fourth-order valence-corrected chi connectivity index (χ4v) is 3.57. The lowest BCUT2D eigenvalue weighted by Gasteiger charge is -2.47. The monoisotopic (exact) mass is 298 g/mol. The fourth-order valence-electron chi connectivity index (χ4n) is 2.71. The van der Waals surface area contributed by atoms with Crippen molar-refractivity contribution < 1.29 is 14.6 Å². The van der Waals surface area contributed by atoms with E-state index in [1.165, 1.54) is 0 Å². The van der Waals surface area contributed by atoms with E-state index in [-0.39, 0.29) is 17.6 Å². The molecule has 0 saturated carbocycles. The molecule has 1 N–H and O–H groups in total. The summed E-state index contributed by atoms with van der Waals surface area (Å²) in [5.41, 5.74) is 0.429. The summed E-state index contributed by atoms with van der Waals surface area (Å²) in [5.74, 6) is -0.784. The number of hydrogen-bond donors (Lipinski definition) is 1. The molecule has 2 rings (SSSR count). The van der Waals surface area contributed by atoms with Crippen LogP contribution in [0, 0.1) is 0 Å². The van der Waals surface area contributed by atoms with Crippen molar-refractivity contribution in [2.45, 2.75) is 51.7 Å². The zero-order chi connectivity index (χ0) is 15.0. The average Bonchev–Trinajstić information content (AvgIpc) is 2.70. The topological polar surface area (TPSA) is 62.7 Å². The molecule has 1 aromatic heterocycles. The minimum atomic E-state index is -0.784. The Labute approximate surface area is 123 Å². The number of aromatic nitrogens is 1. The van der Waals surface area contributed by atoms with Gasteiger partial charge in [-0.25, -0.2) is 4.98 Å². The van der Waals surface area contributed by atoms with Crippen molar-refractivity contribution >= 4 is 22.4 Å². The first-order valence-corrected chi connectivity index (χ1v) is 7.66. The highest BCUT2D eigenvalue weighted by Gasteiger charge is 2.39. The summed E-state index contributed by atoms with van der Waals surface area (Å²) >= 11 is 1.58. The Balaban J connectivity index is 2.09. The van der Waals surface area contributed by atoms with Gasteiger partial charge >= 0.3 is 5.97 Å². The van der Waals surface area contributed by atoms with Crippen LogP contribution in [0.1, 0.15) is 39.8 Å². The third-order valence-electron chi connectivity index (χ3n) is 3.10. The molecule has 1 aliphatic rings. The van der Waals surface area contributed by atoms with Crippen LogP contribution in [0.3, 0.4) is 0 Å². The third-order valence-corrected chi connectivity index (χ3v) is 4.05. The van der Waals surface area contributed by atoms with Crippen LogP contribution in [0.2, 0.25) is 0 Å². The van der Waals surface area contributed by atoms with Gasteiger partial charge in [0.1, 0.15) is 0 Å². The van der Waals surface area contributed by atoms with E-state index < -0.39 is 5.97 Å². The Morgan fingerprint density at radius 1 is 1.40 bits per heavy atom. The van der Waals surface area contributed by atoms with Gasteiger partial charge < -0.3 is 14.7 Å². The zero-order valence-electron chi connectivity index (χ0n) is 12.5. The Morgan fingerprint density at radius 2 is 2.00 bits per heavy atom. The van der Waals surface area contributed by atoms with Gasteiger partial charge in [0.25, 0.3) is 0 Å². The van der Waals surface area contributed by atoms with Gasteiger partial charge in [0, 0.05) is 24.9 Å². The summed E-state index contributed by atoms with van der Waals surface area (Å²) in [7, 11) is 0. The van der Waals surface area contributed by atoms with Crippen LogP contribution in [0.15, 0.2) is 5.38 Å². The molecule has 1 saturated heterocycles. The van der Waals surface area contributed by atoms with Gasteiger partial charge in [0.05, 0.1) is 23.3 Å². The fraction of sp³-hybridized carbons (Fsp3) is 0.714. The van der Waals surface area contributed by atoms with E-state index in [1.54, 1.807) is 11.3 Å². The molecule has 1 fully saturated rings. The first-order valence-electron chi connectivity index (χ1n) is 6.78. The molecule has 0 spiro atoms. The van der Waals surface area contributed by atoms with Crippen LogP contribution in [-0.2, 0) is 16.0 Å². The van der Waals surface area contributed by atoms with Gasteiger partial charge in [-0.2, -0.15) is 0 Å². The second-order valence-electron chi connectivity index (χ2n) is 6.49. The molecule has 0 amide bonds. The van der Waals surface area contributed by atoms with Crippen LogP contribution in [0.4, 0.5) is 5.13 Å². The largest absolute Gasteiger partial charge is 0.481 e. The predicted octanol–water partition coefficient (Wildman–Crippen LogP) is 2.55. The lowest BCUT2D eigenvalue weighted by Crippen LogP contribution is -2.57. The molecule has 6 heteroatoms. The summed E-state index contributed by atoms with van der Waals surface area (Å²) in [4.78, 5) is 17.4. The van der Waals surface area contributed by atoms with Crippen LogP contribution < -0.4 is 4.90 Å². The van der Waals surface area contributed by atoms with Crippen LogP contribution in [-0.4, -0.2) is 40.4 Å². The highest BCUT2D eigenvalue weighted by atomic mass is 32.1. The Kier molecular flexibility index (Phi) is 4.07. The number of aryl methyl sites for hydroxylation is 1. The summed E-state index contributed by atoms with van der Waals surface area (Å²) in [6.45, 7) is 9.92. The minimum Gasteiger partial charge on any atom is -0.481 e. The molecule has 0 aliphatic carbocycles. The number of anilines is 1. The van der Waals surface area contributed by atoms with E-state index in [0.717, 1.165) is 23.9 Å². The maximum atomic E-state index is 10.6. The standard InChI is InChI=1S/C14H22N2O3S/c1-13(2)8-16(9-14(3,4)19-13)12-15-10(7-20-12)5-6-11(17)18/h7H,5-6,8-9H2,1-4H3,(H,17,18). The van der Waals surface area contributed by atoms with Crippen LogP contribution >= 0.6 is 11.3 Å². The number of carbonyl (C=O) groups is 1. The first kappa shape index (κ1) is 15.3. The van der Waals surface area contributed by atoms with E-state index in [4.69, 9.17) is 9.84 Å². The van der Waals surface area contributed by atoms with Gasteiger partial charge in [-0.15, -0.1) is 11.3 Å². The average molecular weight is 298 g/mol. The molecular weight excluding hydrogens is 276 g/mol. The van der Waals surface area contributed by atoms with E-state index in [9.17, 15) is 4.79 Å². The number of ether oxygens (including phenoxy) is 1. The van der Waals surface area contributed by atoms with Gasteiger partial charge in [-0.1, -0.05) is 0 Å². The molecule has 1 aliphatic heterocycles. The number of thiazole rings is 1. The number of rotatable bonds is 4. The van der Waals surface area contributed by atoms with Gasteiger partial charge in [-0.05, 0) is 27.7 Å². The van der Waals surface area contributed by atoms with Crippen molar-refractivity contribution in [3.05, 3.63) is 11.1 Å². The number of carboxylic acid groups (broad SMARTS) is 1. The lowest BCUT2D eigenvalue weighted by atomic mass is 9.99. The molecule has 0 unspecified atom stereocenters. The highest BCUT2D eigenvalue weighted by Crippen LogP contribution is 2.32. The molecule has 0 bridgehead atoms.